The average molecular weight is 289 g/mol. The maximum atomic E-state index is 13.4. The largest absolute Gasteiger partial charge is 0.334 e. The molecule has 110 valence electrons. The summed E-state index contributed by atoms with van der Waals surface area (Å²) in [4.78, 5) is 14.2. The van der Waals surface area contributed by atoms with Crippen molar-refractivity contribution in [2.45, 2.75) is 25.9 Å². The van der Waals surface area contributed by atoms with Crippen molar-refractivity contribution in [1.82, 2.24) is 25.1 Å². The number of benzene rings is 1. The minimum Gasteiger partial charge on any atom is -0.334 e. The molecule has 0 aliphatic carbocycles. The smallest absolute Gasteiger partial charge is 0.244 e. The van der Waals surface area contributed by atoms with Gasteiger partial charge in [-0.05, 0) is 40.5 Å². The molecule has 0 radical (unpaired) electrons. The van der Waals surface area contributed by atoms with E-state index < -0.39 is 0 Å². The van der Waals surface area contributed by atoms with E-state index in [0.29, 0.717) is 12.5 Å². The van der Waals surface area contributed by atoms with Crippen molar-refractivity contribution in [3.05, 3.63) is 42.0 Å². The van der Waals surface area contributed by atoms with Gasteiger partial charge in [0.25, 0.3) is 0 Å². The molecule has 1 aromatic heterocycles. The van der Waals surface area contributed by atoms with Gasteiger partial charge in [-0.1, -0.05) is 19.1 Å². The van der Waals surface area contributed by atoms with E-state index in [0.717, 1.165) is 12.0 Å². The second kappa shape index (κ2) is 5.59. The summed E-state index contributed by atoms with van der Waals surface area (Å²) in [7, 11) is 0. The Hall–Kier alpha value is -2.31. The van der Waals surface area contributed by atoms with Crippen LogP contribution in [-0.2, 0) is 11.3 Å². The first-order valence-corrected chi connectivity index (χ1v) is 6.91. The highest BCUT2D eigenvalue weighted by Crippen LogP contribution is 2.37. The third-order valence-electron chi connectivity index (χ3n) is 3.90. The van der Waals surface area contributed by atoms with Crippen molar-refractivity contribution in [2.75, 3.05) is 6.54 Å². The van der Waals surface area contributed by atoms with Gasteiger partial charge < -0.3 is 4.90 Å². The van der Waals surface area contributed by atoms with Crippen LogP contribution in [0.5, 0.6) is 0 Å². The van der Waals surface area contributed by atoms with Crippen LogP contribution in [0.15, 0.2) is 30.6 Å². The van der Waals surface area contributed by atoms with Crippen molar-refractivity contribution in [1.29, 1.82) is 0 Å². The van der Waals surface area contributed by atoms with Gasteiger partial charge >= 0.3 is 0 Å². The average Bonchev–Trinajstić information content (AvgIpc) is 3.08. The number of carbonyl (C=O) groups excluding carboxylic acids is 1. The van der Waals surface area contributed by atoms with Gasteiger partial charge in [-0.2, -0.15) is 0 Å². The topological polar surface area (TPSA) is 63.9 Å². The standard InChI is InChI=1S/C14H16FN5O/c1-10-5-6-20(13(21)8-19-9-16-17-18-19)14(10)11-3-2-4-12(15)7-11/h2-4,7,9-10,14H,5-6,8H2,1H3/t10-,14+/m1/s1. The molecular formula is C14H16FN5O. The minimum absolute atomic E-state index is 0.0547. The maximum absolute atomic E-state index is 13.4. The highest BCUT2D eigenvalue weighted by atomic mass is 19.1. The number of rotatable bonds is 3. The first-order valence-electron chi connectivity index (χ1n) is 6.91. The van der Waals surface area contributed by atoms with Gasteiger partial charge in [0.1, 0.15) is 18.7 Å². The number of likely N-dealkylation sites (tertiary alicyclic amines) is 1. The molecule has 2 atom stereocenters. The zero-order valence-electron chi connectivity index (χ0n) is 11.7. The normalized spacial score (nSPS) is 21.7. The number of carbonyl (C=O) groups is 1. The lowest BCUT2D eigenvalue weighted by Gasteiger charge is -2.27. The summed E-state index contributed by atoms with van der Waals surface area (Å²) < 4.78 is 14.8. The molecule has 7 heteroatoms. The molecule has 21 heavy (non-hydrogen) atoms. The Morgan fingerprint density at radius 2 is 2.33 bits per heavy atom. The molecule has 2 aromatic rings. The predicted octanol–water partition coefficient (Wildman–Crippen LogP) is 1.42. The molecule has 2 heterocycles. The van der Waals surface area contributed by atoms with Crippen molar-refractivity contribution < 1.29 is 9.18 Å². The van der Waals surface area contributed by atoms with Crippen LogP contribution in [-0.4, -0.2) is 37.6 Å². The van der Waals surface area contributed by atoms with Crippen LogP contribution in [0.25, 0.3) is 0 Å². The molecule has 1 aliphatic heterocycles. The van der Waals surface area contributed by atoms with Gasteiger partial charge in [-0.3, -0.25) is 4.79 Å². The van der Waals surface area contributed by atoms with Gasteiger partial charge in [0.2, 0.25) is 5.91 Å². The van der Waals surface area contributed by atoms with E-state index in [1.54, 1.807) is 11.0 Å². The van der Waals surface area contributed by atoms with Crippen LogP contribution < -0.4 is 0 Å². The quantitative estimate of drug-likeness (QED) is 0.857. The van der Waals surface area contributed by atoms with E-state index in [9.17, 15) is 9.18 Å². The first-order chi connectivity index (χ1) is 10.1. The summed E-state index contributed by atoms with van der Waals surface area (Å²) >= 11 is 0. The number of halogens is 1. The van der Waals surface area contributed by atoms with Gasteiger partial charge in [0.05, 0.1) is 6.04 Å². The minimum atomic E-state index is -0.278. The van der Waals surface area contributed by atoms with Crippen molar-refractivity contribution in [3.8, 4) is 0 Å². The van der Waals surface area contributed by atoms with E-state index in [4.69, 9.17) is 0 Å². The number of amides is 1. The number of hydrogen-bond acceptors (Lipinski definition) is 4. The summed E-state index contributed by atoms with van der Waals surface area (Å²) in [6.45, 7) is 2.86. The first kappa shape index (κ1) is 13.7. The number of nitrogens with zero attached hydrogens (tertiary/aromatic N) is 5. The SMILES string of the molecule is C[C@@H]1CCN(C(=O)Cn2cnnn2)[C@@H]1c1cccc(F)c1. The molecule has 0 spiro atoms. The molecule has 1 amide bonds. The highest BCUT2D eigenvalue weighted by Gasteiger charge is 2.35. The van der Waals surface area contributed by atoms with Gasteiger partial charge in [-0.15, -0.1) is 5.10 Å². The van der Waals surface area contributed by atoms with Crippen LogP contribution >= 0.6 is 0 Å². The molecule has 1 fully saturated rings. The molecule has 0 saturated carbocycles. The summed E-state index contributed by atoms with van der Waals surface area (Å²) in [6, 6.07) is 6.37. The second-order valence-corrected chi connectivity index (χ2v) is 5.36. The second-order valence-electron chi connectivity index (χ2n) is 5.36. The fourth-order valence-corrected chi connectivity index (χ4v) is 2.91. The van der Waals surface area contributed by atoms with E-state index in [-0.39, 0.29) is 24.3 Å². The van der Waals surface area contributed by atoms with E-state index >= 15 is 0 Å². The fourth-order valence-electron chi connectivity index (χ4n) is 2.91. The summed E-state index contributed by atoms with van der Waals surface area (Å²) in [6.07, 6.45) is 2.32. The van der Waals surface area contributed by atoms with Crippen LogP contribution in [0.4, 0.5) is 4.39 Å². The maximum Gasteiger partial charge on any atom is 0.244 e. The molecule has 0 unspecified atom stereocenters. The van der Waals surface area contributed by atoms with Gasteiger partial charge in [0, 0.05) is 6.54 Å². The third kappa shape index (κ3) is 2.76. The Morgan fingerprint density at radius 1 is 1.48 bits per heavy atom. The molecule has 6 nitrogen and oxygen atoms in total. The van der Waals surface area contributed by atoms with Crippen molar-refractivity contribution in [3.63, 3.8) is 0 Å². The number of tetrazole rings is 1. The monoisotopic (exact) mass is 289 g/mol. The van der Waals surface area contributed by atoms with Crippen LogP contribution in [0.1, 0.15) is 24.9 Å². The lowest BCUT2D eigenvalue weighted by atomic mass is 9.95. The Labute approximate surface area is 121 Å². The van der Waals surface area contributed by atoms with E-state index in [1.807, 2.05) is 6.07 Å². The Bertz CT molecular complexity index is 630. The fraction of sp³-hybridized carbons (Fsp3) is 0.429. The van der Waals surface area contributed by atoms with Gasteiger partial charge in [0.15, 0.2) is 0 Å². The van der Waals surface area contributed by atoms with Gasteiger partial charge in [-0.25, -0.2) is 9.07 Å². The lowest BCUT2D eigenvalue weighted by molar-refractivity contribution is -0.133. The van der Waals surface area contributed by atoms with E-state index in [1.165, 1.54) is 23.1 Å². The molecule has 1 aliphatic rings. The summed E-state index contributed by atoms with van der Waals surface area (Å²) in [5, 5.41) is 10.7. The molecule has 1 saturated heterocycles. The lowest BCUT2D eigenvalue weighted by Crippen LogP contribution is -2.34. The Balaban J connectivity index is 1.82. The highest BCUT2D eigenvalue weighted by molar-refractivity contribution is 5.76. The summed E-state index contributed by atoms with van der Waals surface area (Å²) in [5.41, 5.74) is 0.838. The van der Waals surface area contributed by atoms with E-state index in [2.05, 4.69) is 22.4 Å². The third-order valence-corrected chi connectivity index (χ3v) is 3.90. The Morgan fingerprint density at radius 3 is 3.05 bits per heavy atom. The summed E-state index contributed by atoms with van der Waals surface area (Å²) in [5.74, 6) is -0.0370. The number of hydrogen-bond donors (Lipinski definition) is 0. The Kier molecular flexibility index (Phi) is 3.64. The molecule has 0 bridgehead atoms. The van der Waals surface area contributed by atoms with Crippen molar-refractivity contribution >= 4 is 5.91 Å². The van der Waals surface area contributed by atoms with Crippen molar-refractivity contribution in [2.24, 2.45) is 5.92 Å². The van der Waals surface area contributed by atoms with Crippen LogP contribution in [0.3, 0.4) is 0 Å². The zero-order valence-corrected chi connectivity index (χ0v) is 11.7. The number of aromatic nitrogens is 4. The van der Waals surface area contributed by atoms with Crippen LogP contribution in [0, 0.1) is 11.7 Å². The molecular weight excluding hydrogens is 273 g/mol. The predicted molar refractivity (Wildman–Crippen MR) is 72.5 cm³/mol. The molecule has 3 rings (SSSR count). The molecule has 0 N–H and O–H groups in total. The zero-order chi connectivity index (χ0) is 14.8. The molecule has 1 aromatic carbocycles. The van der Waals surface area contributed by atoms with Crippen LogP contribution in [0.2, 0.25) is 0 Å².